The van der Waals surface area contributed by atoms with Crippen LogP contribution in [0.15, 0.2) is 30.3 Å². The van der Waals surface area contributed by atoms with Gasteiger partial charge in [0.15, 0.2) is 0 Å². The molecule has 0 unspecified atom stereocenters. The van der Waals surface area contributed by atoms with Gasteiger partial charge in [-0.2, -0.15) is 0 Å². The summed E-state index contributed by atoms with van der Waals surface area (Å²) in [6.07, 6.45) is 0. The third kappa shape index (κ3) is 3.52. The van der Waals surface area contributed by atoms with Crippen LogP contribution in [0.5, 0.6) is 0 Å². The average Bonchev–Trinajstić information content (AvgIpc) is 2.27. The fourth-order valence-corrected chi connectivity index (χ4v) is 0.991. The molecule has 0 radical (unpaired) electrons. The van der Waals surface area contributed by atoms with E-state index in [-0.39, 0.29) is 5.56 Å². The van der Waals surface area contributed by atoms with Crippen molar-refractivity contribution < 1.29 is 19.1 Å². The average molecular weight is 234 g/mol. The zero-order valence-corrected chi connectivity index (χ0v) is 10.0. The third-order valence-electron chi connectivity index (χ3n) is 2.02. The Bertz CT molecular complexity index is 440. The fourth-order valence-electron chi connectivity index (χ4n) is 0.991. The molecule has 90 valence electrons. The Hall–Kier alpha value is -1.97. The fraction of sp³-hybridized carbons (Fsp3) is 0.308. The number of carbonyl (C=O) groups is 3. The molecule has 0 aromatic heterocycles. The van der Waals surface area contributed by atoms with Gasteiger partial charge in [-0.1, -0.05) is 30.3 Å². The van der Waals surface area contributed by atoms with Gasteiger partial charge in [-0.05, 0) is 20.8 Å². The van der Waals surface area contributed by atoms with Crippen molar-refractivity contribution in [2.75, 3.05) is 0 Å². The van der Waals surface area contributed by atoms with Crippen LogP contribution >= 0.6 is 0 Å². The number of hydrogen-bond acceptors (Lipinski definition) is 4. The van der Waals surface area contributed by atoms with Gasteiger partial charge in [0.1, 0.15) is 0 Å². The van der Waals surface area contributed by atoms with Gasteiger partial charge in [-0.25, -0.2) is 4.79 Å². The van der Waals surface area contributed by atoms with Gasteiger partial charge in [0.25, 0.3) is 5.78 Å². The molecule has 0 heterocycles. The van der Waals surface area contributed by atoms with E-state index in [0.717, 1.165) is 0 Å². The molecule has 0 saturated carbocycles. The van der Waals surface area contributed by atoms with E-state index in [4.69, 9.17) is 0 Å². The molecule has 0 fully saturated rings. The highest BCUT2D eigenvalue weighted by Gasteiger charge is 2.28. The van der Waals surface area contributed by atoms with Gasteiger partial charge in [-0.15, -0.1) is 0 Å². The summed E-state index contributed by atoms with van der Waals surface area (Å²) in [7, 11) is 0. The molecule has 0 aliphatic carbocycles. The van der Waals surface area contributed by atoms with E-state index in [1.807, 2.05) is 0 Å². The maximum absolute atomic E-state index is 11.6. The number of benzene rings is 1. The monoisotopic (exact) mass is 234 g/mol. The highest BCUT2D eigenvalue weighted by atomic mass is 16.6. The first kappa shape index (κ1) is 13.1. The first-order valence-electron chi connectivity index (χ1n) is 5.18. The minimum atomic E-state index is -1.14. The number of ketones is 1. The molecule has 0 aliphatic heterocycles. The summed E-state index contributed by atoms with van der Waals surface area (Å²) in [5.74, 6) is -2.67. The molecule has 0 amide bonds. The van der Waals surface area contributed by atoms with E-state index in [9.17, 15) is 14.4 Å². The summed E-state index contributed by atoms with van der Waals surface area (Å²) >= 11 is 0. The van der Waals surface area contributed by atoms with E-state index in [1.165, 1.54) is 12.1 Å². The number of hydrogen-bond donors (Lipinski definition) is 0. The molecule has 0 aliphatic rings. The van der Waals surface area contributed by atoms with Crippen LogP contribution in [0.1, 0.15) is 31.1 Å². The summed E-state index contributed by atoms with van der Waals surface area (Å²) < 4.78 is 4.50. The Kier molecular flexibility index (Phi) is 3.78. The number of carbonyl (C=O) groups excluding carboxylic acids is 3. The van der Waals surface area contributed by atoms with Gasteiger partial charge in [0, 0.05) is 5.56 Å². The lowest BCUT2D eigenvalue weighted by atomic mass is 9.97. The molecule has 0 N–H and O–H groups in total. The first-order valence-corrected chi connectivity index (χ1v) is 5.18. The quantitative estimate of drug-likeness (QED) is 0.340. The van der Waals surface area contributed by atoms with E-state index in [0.29, 0.717) is 0 Å². The third-order valence-corrected chi connectivity index (χ3v) is 2.02. The summed E-state index contributed by atoms with van der Waals surface area (Å²) in [6.45, 7) is 4.82. The first-order chi connectivity index (χ1) is 7.82. The van der Waals surface area contributed by atoms with Crippen molar-refractivity contribution in [3.63, 3.8) is 0 Å². The van der Waals surface area contributed by atoms with E-state index in [1.54, 1.807) is 39.0 Å². The summed E-state index contributed by atoms with van der Waals surface area (Å²) in [4.78, 5) is 34.4. The van der Waals surface area contributed by atoms with Gasteiger partial charge >= 0.3 is 11.9 Å². The highest BCUT2D eigenvalue weighted by Crippen LogP contribution is 2.15. The summed E-state index contributed by atoms with van der Waals surface area (Å²) in [5, 5.41) is 0. The van der Waals surface area contributed by atoms with Crippen LogP contribution in [0.4, 0.5) is 0 Å². The van der Waals surface area contributed by atoms with Crippen LogP contribution in [0.25, 0.3) is 0 Å². The SMILES string of the molecule is CC(C)(C)C(=O)OC(=O)C(=O)c1ccccc1. The van der Waals surface area contributed by atoms with Crippen molar-refractivity contribution in [1.29, 1.82) is 0 Å². The van der Waals surface area contributed by atoms with Crippen LogP contribution in [0.3, 0.4) is 0 Å². The molecule has 0 saturated heterocycles. The molecular formula is C13H14O4. The molecular weight excluding hydrogens is 220 g/mol. The zero-order chi connectivity index (χ0) is 13.1. The number of esters is 2. The van der Waals surface area contributed by atoms with Crippen molar-refractivity contribution in [1.82, 2.24) is 0 Å². The Balaban J connectivity index is 2.73. The molecule has 17 heavy (non-hydrogen) atoms. The van der Waals surface area contributed by atoms with E-state index in [2.05, 4.69) is 4.74 Å². The molecule has 4 nitrogen and oxygen atoms in total. The number of Topliss-reactive ketones (excluding diaryl/α,β-unsaturated/α-hetero) is 1. The van der Waals surface area contributed by atoms with Crippen LogP contribution in [-0.4, -0.2) is 17.7 Å². The smallest absolute Gasteiger partial charge is 0.387 e. The van der Waals surface area contributed by atoms with Crippen LogP contribution in [0.2, 0.25) is 0 Å². The standard InChI is InChI=1S/C13H14O4/c1-13(2,3)12(16)17-11(15)10(14)9-7-5-4-6-8-9/h4-8H,1-3H3. The molecule has 1 aromatic rings. The predicted octanol–water partition coefficient (Wildman–Crippen LogP) is 1.99. The van der Waals surface area contributed by atoms with Gasteiger partial charge in [-0.3, -0.25) is 9.59 Å². The number of rotatable bonds is 2. The number of ether oxygens (including phenoxy) is 1. The second kappa shape index (κ2) is 4.91. The van der Waals surface area contributed by atoms with Crippen LogP contribution in [-0.2, 0) is 14.3 Å². The van der Waals surface area contributed by atoms with Crippen molar-refractivity contribution in [2.24, 2.45) is 5.41 Å². The Morgan fingerprint density at radius 2 is 1.53 bits per heavy atom. The Labute approximate surface area is 99.6 Å². The molecule has 4 heteroatoms. The van der Waals surface area contributed by atoms with Crippen LogP contribution < -0.4 is 0 Å². The highest BCUT2D eigenvalue weighted by molar-refractivity contribution is 6.41. The predicted molar refractivity (Wildman–Crippen MR) is 61.3 cm³/mol. The molecule has 0 spiro atoms. The van der Waals surface area contributed by atoms with Crippen molar-refractivity contribution >= 4 is 17.7 Å². The lowest BCUT2D eigenvalue weighted by Crippen LogP contribution is -2.29. The Morgan fingerprint density at radius 1 is 1.00 bits per heavy atom. The normalized spacial score (nSPS) is 10.8. The Morgan fingerprint density at radius 3 is 2.00 bits per heavy atom. The van der Waals surface area contributed by atoms with Crippen LogP contribution in [0, 0.1) is 5.41 Å². The second-order valence-electron chi connectivity index (χ2n) is 4.62. The lowest BCUT2D eigenvalue weighted by Gasteiger charge is -2.14. The van der Waals surface area contributed by atoms with Gasteiger partial charge in [0.2, 0.25) is 0 Å². The largest absolute Gasteiger partial charge is 0.387 e. The maximum atomic E-state index is 11.6. The molecule has 1 rings (SSSR count). The topological polar surface area (TPSA) is 60.4 Å². The van der Waals surface area contributed by atoms with E-state index < -0.39 is 23.1 Å². The van der Waals surface area contributed by atoms with Gasteiger partial charge in [0.05, 0.1) is 5.41 Å². The maximum Gasteiger partial charge on any atom is 0.387 e. The molecule has 0 atom stereocenters. The van der Waals surface area contributed by atoms with E-state index >= 15 is 0 Å². The minimum absolute atomic E-state index is 0.208. The van der Waals surface area contributed by atoms with Crippen molar-refractivity contribution in [2.45, 2.75) is 20.8 Å². The second-order valence-corrected chi connectivity index (χ2v) is 4.62. The zero-order valence-electron chi connectivity index (χ0n) is 10.0. The van der Waals surface area contributed by atoms with Crippen molar-refractivity contribution in [3.8, 4) is 0 Å². The minimum Gasteiger partial charge on any atom is -0.387 e. The van der Waals surface area contributed by atoms with Gasteiger partial charge < -0.3 is 4.74 Å². The summed E-state index contributed by atoms with van der Waals surface area (Å²) in [6, 6.07) is 7.97. The summed E-state index contributed by atoms with van der Waals surface area (Å²) in [5.41, 5.74) is -0.605. The molecule has 1 aromatic carbocycles. The van der Waals surface area contributed by atoms with Crippen molar-refractivity contribution in [3.05, 3.63) is 35.9 Å². The lowest BCUT2D eigenvalue weighted by molar-refractivity contribution is -0.162. The molecule has 0 bridgehead atoms.